The van der Waals surface area contributed by atoms with Crippen LogP contribution in [0.15, 0.2) is 23.7 Å². The van der Waals surface area contributed by atoms with Gasteiger partial charge >= 0.3 is 0 Å². The van der Waals surface area contributed by atoms with Gasteiger partial charge in [-0.2, -0.15) is 0 Å². The van der Waals surface area contributed by atoms with Crippen LogP contribution in [-0.2, 0) is 0 Å². The van der Waals surface area contributed by atoms with Gasteiger partial charge in [0.1, 0.15) is 0 Å². The van der Waals surface area contributed by atoms with Crippen molar-refractivity contribution in [3.8, 4) is 0 Å². The first-order valence-electron chi connectivity index (χ1n) is 7.74. The van der Waals surface area contributed by atoms with Gasteiger partial charge in [-0.15, -0.1) is 11.3 Å². The normalized spacial score (nSPS) is 15.7. The fourth-order valence-corrected chi connectivity index (χ4v) is 3.55. The van der Waals surface area contributed by atoms with Crippen LogP contribution >= 0.6 is 22.9 Å². The van der Waals surface area contributed by atoms with Gasteiger partial charge in [-0.1, -0.05) is 24.6 Å². The Morgan fingerprint density at radius 3 is 2.96 bits per heavy atom. The van der Waals surface area contributed by atoms with E-state index in [4.69, 9.17) is 11.6 Å². The monoisotopic (exact) mass is 350 g/mol. The van der Waals surface area contributed by atoms with Gasteiger partial charge in [-0.05, 0) is 24.3 Å². The first-order valence-corrected chi connectivity index (χ1v) is 9.00. The van der Waals surface area contributed by atoms with Gasteiger partial charge in [0.2, 0.25) is 5.95 Å². The Labute approximate surface area is 144 Å². The molecule has 1 aliphatic heterocycles. The van der Waals surface area contributed by atoms with E-state index in [2.05, 4.69) is 33.2 Å². The molecule has 0 aromatic carbocycles. The maximum absolute atomic E-state index is 12.4. The third-order valence-corrected chi connectivity index (χ3v) is 5.31. The number of hydrogen-bond acceptors (Lipinski definition) is 5. The summed E-state index contributed by atoms with van der Waals surface area (Å²) in [5.74, 6) is 0.599. The second-order valence-corrected chi connectivity index (χ2v) is 7.07. The molecule has 5 nitrogen and oxygen atoms in total. The molecule has 0 aliphatic carbocycles. The topological polar surface area (TPSA) is 58.1 Å². The van der Waals surface area contributed by atoms with Crippen molar-refractivity contribution in [1.82, 2.24) is 15.3 Å². The van der Waals surface area contributed by atoms with Crippen LogP contribution in [0.2, 0.25) is 5.02 Å². The van der Waals surface area contributed by atoms with Crippen LogP contribution in [0, 0.1) is 0 Å². The van der Waals surface area contributed by atoms with Crippen LogP contribution in [0.5, 0.6) is 0 Å². The van der Waals surface area contributed by atoms with Crippen LogP contribution < -0.4 is 10.2 Å². The number of halogens is 1. The van der Waals surface area contributed by atoms with Gasteiger partial charge in [0, 0.05) is 30.4 Å². The van der Waals surface area contributed by atoms with Crippen LogP contribution in [0.1, 0.15) is 41.0 Å². The highest BCUT2D eigenvalue weighted by Gasteiger charge is 2.20. The number of carbonyl (C=O) groups is 1. The molecule has 3 rings (SSSR count). The van der Waals surface area contributed by atoms with E-state index in [1.807, 2.05) is 11.4 Å². The Morgan fingerprint density at radius 1 is 1.48 bits per heavy atom. The number of carbonyl (C=O) groups excluding carboxylic acids is 1. The molecule has 122 valence electrons. The minimum Gasteiger partial charge on any atom is -0.350 e. The summed E-state index contributed by atoms with van der Waals surface area (Å²) < 4.78 is 0. The molecule has 7 heteroatoms. The Hall–Kier alpha value is -1.66. The van der Waals surface area contributed by atoms with Crippen molar-refractivity contribution in [2.24, 2.45) is 0 Å². The first-order chi connectivity index (χ1) is 11.1. The molecule has 2 aromatic rings. The van der Waals surface area contributed by atoms with Crippen molar-refractivity contribution in [3.05, 3.63) is 39.3 Å². The highest BCUT2D eigenvalue weighted by Crippen LogP contribution is 2.21. The van der Waals surface area contributed by atoms with Crippen molar-refractivity contribution in [3.63, 3.8) is 0 Å². The number of nitrogens with zero attached hydrogens (tertiary/aromatic N) is 3. The number of rotatable bonds is 5. The van der Waals surface area contributed by atoms with Crippen LogP contribution in [0.3, 0.4) is 0 Å². The summed E-state index contributed by atoms with van der Waals surface area (Å²) >= 11 is 7.80. The standard InChI is InChI=1S/C16H19ClN4OS/c1-11(13-5-4-8-23-13)9-18-15(22)14-12(17)10-19-16(20-14)21-6-2-3-7-21/h4-5,8,10-11H,2-3,6-7,9H2,1H3,(H,18,22). The molecule has 1 unspecified atom stereocenters. The highest BCUT2D eigenvalue weighted by molar-refractivity contribution is 7.10. The fraction of sp³-hybridized carbons (Fsp3) is 0.438. The molecule has 1 N–H and O–H groups in total. The Morgan fingerprint density at radius 2 is 2.26 bits per heavy atom. The van der Waals surface area contributed by atoms with Crippen molar-refractivity contribution in [2.75, 3.05) is 24.5 Å². The molecule has 1 saturated heterocycles. The number of amides is 1. The summed E-state index contributed by atoms with van der Waals surface area (Å²) in [5.41, 5.74) is 0.252. The maximum Gasteiger partial charge on any atom is 0.271 e. The minimum absolute atomic E-state index is 0.249. The van der Waals surface area contributed by atoms with E-state index in [9.17, 15) is 4.79 Å². The van der Waals surface area contributed by atoms with E-state index >= 15 is 0 Å². The SMILES string of the molecule is CC(CNC(=O)c1nc(N2CCCC2)ncc1Cl)c1cccs1. The van der Waals surface area contributed by atoms with E-state index in [-0.39, 0.29) is 22.5 Å². The first kappa shape index (κ1) is 16.2. The van der Waals surface area contributed by atoms with Gasteiger partial charge in [-0.3, -0.25) is 4.79 Å². The molecule has 0 radical (unpaired) electrons. The van der Waals surface area contributed by atoms with Crippen molar-refractivity contribution >= 4 is 34.8 Å². The lowest BCUT2D eigenvalue weighted by molar-refractivity contribution is 0.0947. The lowest BCUT2D eigenvalue weighted by atomic mass is 10.1. The summed E-state index contributed by atoms with van der Waals surface area (Å²) in [6, 6.07) is 4.09. The summed E-state index contributed by atoms with van der Waals surface area (Å²) in [5, 5.41) is 5.25. The van der Waals surface area contributed by atoms with E-state index in [0.717, 1.165) is 25.9 Å². The second-order valence-electron chi connectivity index (χ2n) is 5.69. The number of anilines is 1. The molecular formula is C16H19ClN4OS. The predicted molar refractivity (Wildman–Crippen MR) is 93.6 cm³/mol. The molecule has 0 saturated carbocycles. The van der Waals surface area contributed by atoms with Crippen molar-refractivity contribution in [1.29, 1.82) is 0 Å². The Bertz CT molecular complexity index is 671. The zero-order chi connectivity index (χ0) is 16.2. The largest absolute Gasteiger partial charge is 0.350 e. The third kappa shape index (κ3) is 3.82. The Kier molecular flexibility index (Phi) is 5.13. The van der Waals surface area contributed by atoms with E-state index < -0.39 is 0 Å². The second kappa shape index (κ2) is 7.27. The molecule has 3 heterocycles. The molecule has 1 amide bonds. The van der Waals surface area contributed by atoms with Gasteiger partial charge < -0.3 is 10.2 Å². The quantitative estimate of drug-likeness (QED) is 0.898. The van der Waals surface area contributed by atoms with E-state index in [1.54, 1.807) is 11.3 Å². The minimum atomic E-state index is -0.249. The summed E-state index contributed by atoms with van der Waals surface area (Å²) in [4.78, 5) is 24.3. The van der Waals surface area contributed by atoms with E-state index in [1.165, 1.54) is 11.1 Å². The molecule has 1 atom stereocenters. The van der Waals surface area contributed by atoms with Crippen LogP contribution in [0.25, 0.3) is 0 Å². The highest BCUT2D eigenvalue weighted by atomic mass is 35.5. The molecule has 1 aliphatic rings. The predicted octanol–water partition coefficient (Wildman–Crippen LogP) is 3.33. The lowest BCUT2D eigenvalue weighted by Crippen LogP contribution is -2.29. The summed E-state index contributed by atoms with van der Waals surface area (Å²) in [7, 11) is 0. The zero-order valence-corrected chi connectivity index (χ0v) is 14.5. The maximum atomic E-state index is 12.4. The van der Waals surface area contributed by atoms with Gasteiger partial charge in [-0.25, -0.2) is 9.97 Å². The lowest BCUT2D eigenvalue weighted by Gasteiger charge is -2.16. The molecule has 0 bridgehead atoms. The van der Waals surface area contributed by atoms with E-state index in [0.29, 0.717) is 12.5 Å². The molecule has 0 spiro atoms. The molecule has 2 aromatic heterocycles. The van der Waals surface area contributed by atoms with Crippen molar-refractivity contribution < 1.29 is 4.79 Å². The number of aromatic nitrogens is 2. The Balaban J connectivity index is 1.67. The average molecular weight is 351 g/mol. The van der Waals surface area contributed by atoms with Crippen molar-refractivity contribution in [2.45, 2.75) is 25.7 Å². The molecule has 23 heavy (non-hydrogen) atoms. The molecule has 1 fully saturated rings. The number of nitrogens with one attached hydrogen (secondary N) is 1. The molecular weight excluding hydrogens is 332 g/mol. The van der Waals surface area contributed by atoms with Gasteiger partial charge in [0.25, 0.3) is 5.91 Å². The van der Waals surface area contributed by atoms with Crippen LogP contribution in [0.4, 0.5) is 5.95 Å². The van der Waals surface area contributed by atoms with Gasteiger partial charge in [0.05, 0.1) is 11.2 Å². The zero-order valence-electron chi connectivity index (χ0n) is 13.0. The summed E-state index contributed by atoms with van der Waals surface area (Å²) in [6.45, 7) is 4.50. The average Bonchev–Trinajstić information content (AvgIpc) is 3.25. The fourth-order valence-electron chi connectivity index (χ4n) is 2.59. The summed E-state index contributed by atoms with van der Waals surface area (Å²) in [6.07, 6.45) is 3.78. The van der Waals surface area contributed by atoms with Crippen LogP contribution in [-0.4, -0.2) is 35.5 Å². The number of hydrogen-bond donors (Lipinski definition) is 1. The smallest absolute Gasteiger partial charge is 0.271 e. The number of thiophene rings is 1. The third-order valence-electron chi connectivity index (χ3n) is 3.93. The van der Waals surface area contributed by atoms with Gasteiger partial charge in [0.15, 0.2) is 5.69 Å².